The summed E-state index contributed by atoms with van der Waals surface area (Å²) in [6, 6.07) is -29.0. The number of fused-ring (bicyclic) bond motifs is 6. The van der Waals surface area contributed by atoms with Gasteiger partial charge in [0.05, 0.1) is 50.8 Å². The summed E-state index contributed by atoms with van der Waals surface area (Å²) in [6.07, 6.45) is 0. The minimum atomic E-state index is -1.27. The second-order valence-electron chi connectivity index (χ2n) is 9.52. The average Bonchev–Trinajstić information content (AvgIpc) is 3.77. The van der Waals surface area contributed by atoms with Gasteiger partial charge in [0.1, 0.15) is 11.2 Å². The highest BCUT2D eigenvalue weighted by Gasteiger charge is 2.22. The highest BCUT2D eigenvalue weighted by Crippen LogP contribution is 2.46. The van der Waals surface area contributed by atoms with Crippen LogP contribution in [-0.2, 0) is 0 Å². The number of hydrogen-bond acceptors (Lipinski definition) is 2. The normalized spacial score (nSPS) is 20.3. The van der Waals surface area contributed by atoms with Crippen LogP contribution in [0, 0.1) is 0 Å². The van der Waals surface area contributed by atoms with Crippen LogP contribution in [0.3, 0.4) is 0 Å². The number of para-hydroxylation sites is 1. The molecule has 2 heteroatoms. The molecular formula is C44H29NO. The van der Waals surface area contributed by atoms with Crippen molar-refractivity contribution in [3.8, 4) is 22.3 Å². The summed E-state index contributed by atoms with van der Waals surface area (Å²) in [6.45, 7) is 0. The van der Waals surface area contributed by atoms with Gasteiger partial charge in [-0.25, -0.2) is 0 Å². The number of hydrogen-bond donors (Lipinski definition) is 0. The van der Waals surface area contributed by atoms with Crippen molar-refractivity contribution in [1.29, 1.82) is 0 Å². The van der Waals surface area contributed by atoms with Crippen LogP contribution in [0.25, 0.3) is 65.7 Å². The van der Waals surface area contributed by atoms with E-state index in [0.29, 0.717) is 4.90 Å². The molecule has 216 valence electrons. The Bertz CT molecular complexity index is 4100. The van der Waals surface area contributed by atoms with E-state index in [-0.39, 0.29) is 0 Å². The summed E-state index contributed by atoms with van der Waals surface area (Å²) in [5.74, 6) is 0. The fourth-order valence-electron chi connectivity index (χ4n) is 4.85. The highest BCUT2D eigenvalue weighted by molar-refractivity contribution is 6.21. The largest absolute Gasteiger partial charge is 0.455 e. The minimum Gasteiger partial charge on any atom is -0.455 e. The fourth-order valence-corrected chi connectivity index (χ4v) is 4.85. The molecule has 0 aliphatic heterocycles. The lowest BCUT2D eigenvalue weighted by Gasteiger charge is -2.27. The zero-order valence-electron chi connectivity index (χ0n) is 51.9. The molecule has 0 unspecified atom stereocenters. The van der Waals surface area contributed by atoms with Gasteiger partial charge in [-0.3, -0.25) is 0 Å². The molecule has 1 heterocycles. The van der Waals surface area contributed by atoms with Gasteiger partial charge in [0.15, 0.2) is 0 Å². The summed E-state index contributed by atoms with van der Waals surface area (Å²) >= 11 is 0. The SMILES string of the molecule is [2H]c1c([2H])c([2H])c(-c2c([2H])c([2H])c(N(c3c([2H])c([2H])c(-c4c([2H])c([2H])c5c([2H])c([2H])c([2H])c([2H])c5c4[2H])c([2H])c3[2H])c3c([2H])c4c([2H])c([2H])c([2H])c([2H])c4c4oc5c([2H])c([2H])c([2H])c([2H])c5c34)c([2H])c2[2H])c([2H])c1[2H]. The van der Waals surface area contributed by atoms with E-state index in [4.69, 9.17) is 31.8 Å². The van der Waals surface area contributed by atoms with Crippen LogP contribution in [0.4, 0.5) is 17.1 Å². The Morgan fingerprint density at radius 1 is 0.413 bits per heavy atom. The molecule has 0 aliphatic carbocycles. The van der Waals surface area contributed by atoms with Gasteiger partial charge < -0.3 is 9.32 Å². The van der Waals surface area contributed by atoms with E-state index in [1.54, 1.807) is 0 Å². The predicted octanol–water partition coefficient (Wildman–Crippen LogP) is 12.7. The van der Waals surface area contributed by atoms with Crippen molar-refractivity contribution in [2.45, 2.75) is 0 Å². The molecule has 8 aromatic carbocycles. The van der Waals surface area contributed by atoms with Gasteiger partial charge in [0, 0.05) is 22.1 Å². The van der Waals surface area contributed by atoms with Crippen LogP contribution < -0.4 is 4.90 Å². The van der Waals surface area contributed by atoms with Crippen molar-refractivity contribution in [2.24, 2.45) is 0 Å². The summed E-state index contributed by atoms with van der Waals surface area (Å²) in [5.41, 5.74) is -8.12. The molecule has 0 saturated carbocycles. The third-order valence-electron chi connectivity index (χ3n) is 6.87. The Morgan fingerprint density at radius 2 is 0.957 bits per heavy atom. The lowest BCUT2D eigenvalue weighted by atomic mass is 9.99. The lowest BCUT2D eigenvalue weighted by molar-refractivity contribution is 0.672. The number of furan rings is 1. The topological polar surface area (TPSA) is 16.4 Å². The van der Waals surface area contributed by atoms with Crippen molar-refractivity contribution in [2.75, 3.05) is 4.90 Å². The molecule has 0 fully saturated rings. The van der Waals surface area contributed by atoms with Crippen LogP contribution in [0.2, 0.25) is 0 Å². The van der Waals surface area contributed by atoms with Gasteiger partial charge in [-0.05, 0) is 80.7 Å². The van der Waals surface area contributed by atoms with Gasteiger partial charge in [0.25, 0.3) is 0 Å². The number of benzene rings is 8. The van der Waals surface area contributed by atoms with Gasteiger partial charge in [0.2, 0.25) is 0 Å². The van der Waals surface area contributed by atoms with Gasteiger partial charge >= 0.3 is 0 Å². The summed E-state index contributed by atoms with van der Waals surface area (Å²) in [7, 11) is 0. The molecule has 9 aromatic rings. The summed E-state index contributed by atoms with van der Waals surface area (Å²) in [5, 5.41) is -3.91. The standard InChI is InChI=1S/C44H29NO/c1-2-10-30(11-3-1)32-20-24-37(25-21-32)45(38-26-22-33(23-27-38)35-19-18-31-12-4-5-13-34(31)28-35)41-29-36-14-6-7-15-39(36)44-43(41)40-16-8-9-17-42(40)46-44/h1-29H/i1D,2D,3D,4D,5D,6D,7D,8D,9D,10D,11D,12D,13D,14D,15D,16D,17D,18D,19D,20D,21D,22D,23D,24D,25D,26D,27D,28D,29D. The monoisotopic (exact) mass is 616 g/mol. The zero-order valence-corrected chi connectivity index (χ0v) is 22.9. The van der Waals surface area contributed by atoms with E-state index in [9.17, 15) is 12.3 Å². The third kappa shape index (κ3) is 4.43. The Hall–Kier alpha value is -6.12. The minimum absolute atomic E-state index is 0.425. The first-order valence-electron chi connectivity index (χ1n) is 27.8. The van der Waals surface area contributed by atoms with E-state index >= 15 is 0 Å². The highest BCUT2D eigenvalue weighted by atomic mass is 16.3. The second-order valence-corrected chi connectivity index (χ2v) is 9.52. The molecular weight excluding hydrogens is 558 g/mol. The van der Waals surface area contributed by atoms with Crippen molar-refractivity contribution >= 4 is 60.5 Å². The lowest BCUT2D eigenvalue weighted by Crippen LogP contribution is -2.10. The molecule has 0 spiro atoms. The number of nitrogens with zero attached hydrogens (tertiary/aromatic N) is 1. The maximum absolute atomic E-state index is 9.89. The fraction of sp³-hybridized carbons (Fsp3) is 0. The van der Waals surface area contributed by atoms with Crippen LogP contribution >= 0.6 is 0 Å². The molecule has 0 aliphatic rings. The van der Waals surface area contributed by atoms with Crippen molar-refractivity contribution in [3.05, 3.63) is 175 Å². The van der Waals surface area contributed by atoms with Gasteiger partial charge in [-0.1, -0.05) is 133 Å². The molecule has 0 radical (unpaired) electrons. The van der Waals surface area contributed by atoms with Crippen molar-refractivity contribution < 1.29 is 44.2 Å². The molecule has 0 saturated heterocycles. The molecule has 46 heavy (non-hydrogen) atoms. The van der Waals surface area contributed by atoms with Crippen LogP contribution in [-0.4, -0.2) is 0 Å². The Morgan fingerprint density at radius 3 is 1.70 bits per heavy atom. The van der Waals surface area contributed by atoms with Crippen LogP contribution in [0.1, 0.15) is 39.8 Å². The van der Waals surface area contributed by atoms with Crippen LogP contribution in [0.5, 0.6) is 0 Å². The van der Waals surface area contributed by atoms with Gasteiger partial charge in [-0.15, -0.1) is 0 Å². The molecule has 0 bridgehead atoms. The van der Waals surface area contributed by atoms with Gasteiger partial charge in [-0.2, -0.15) is 0 Å². The average molecular weight is 617 g/mol. The van der Waals surface area contributed by atoms with Crippen LogP contribution in [0.15, 0.2) is 180 Å². The van der Waals surface area contributed by atoms with E-state index in [1.165, 1.54) is 0 Å². The van der Waals surface area contributed by atoms with Crippen molar-refractivity contribution in [1.82, 2.24) is 0 Å². The smallest absolute Gasteiger partial charge is 0.145 e. The maximum Gasteiger partial charge on any atom is 0.145 e. The van der Waals surface area contributed by atoms with E-state index in [0.717, 1.165) is 0 Å². The third-order valence-corrected chi connectivity index (χ3v) is 6.87. The second kappa shape index (κ2) is 10.8. The molecule has 0 N–H and O–H groups in total. The summed E-state index contributed by atoms with van der Waals surface area (Å²) < 4.78 is 264. The predicted molar refractivity (Wildman–Crippen MR) is 194 cm³/mol. The first-order valence-corrected chi connectivity index (χ1v) is 13.3. The quantitative estimate of drug-likeness (QED) is 0.191. The Kier molecular flexibility index (Phi) is 2.39. The maximum atomic E-state index is 9.89. The zero-order chi connectivity index (χ0) is 55.7. The Labute approximate surface area is 308 Å². The first kappa shape index (κ1) is 10.2. The van der Waals surface area contributed by atoms with E-state index in [1.807, 2.05) is 0 Å². The summed E-state index contributed by atoms with van der Waals surface area (Å²) in [4.78, 5) is 0.425. The molecule has 2 nitrogen and oxygen atoms in total. The molecule has 1 aromatic heterocycles. The van der Waals surface area contributed by atoms with Crippen molar-refractivity contribution in [3.63, 3.8) is 0 Å². The first-order chi connectivity index (χ1) is 34.9. The molecule has 0 amide bonds. The number of anilines is 3. The Balaban J connectivity index is 1.55. The molecule has 0 atom stereocenters. The molecule has 9 rings (SSSR count). The number of rotatable bonds is 5. The van der Waals surface area contributed by atoms with E-state index < -0.39 is 258 Å². The van der Waals surface area contributed by atoms with E-state index in [2.05, 4.69) is 0 Å².